The van der Waals surface area contributed by atoms with Gasteiger partial charge in [0.15, 0.2) is 0 Å². The second-order valence-electron chi connectivity index (χ2n) is 3.85. The minimum atomic E-state index is 0.501. The predicted molar refractivity (Wildman–Crippen MR) is 66.7 cm³/mol. The van der Waals surface area contributed by atoms with Gasteiger partial charge in [-0.1, -0.05) is 6.92 Å². The number of hydrogen-bond donors (Lipinski definition) is 1. The van der Waals surface area contributed by atoms with Crippen molar-refractivity contribution in [3.8, 4) is 11.8 Å². The van der Waals surface area contributed by atoms with Crippen LogP contribution in [0.25, 0.3) is 5.69 Å². The van der Waals surface area contributed by atoms with Gasteiger partial charge in [0, 0.05) is 24.5 Å². The molecule has 0 spiro atoms. The summed E-state index contributed by atoms with van der Waals surface area (Å²) in [6.07, 6.45) is 5.65. The van der Waals surface area contributed by atoms with Crippen molar-refractivity contribution in [2.75, 3.05) is 5.73 Å². The zero-order chi connectivity index (χ0) is 12.3. The molecule has 0 unspecified atom stereocenters. The van der Waals surface area contributed by atoms with Crippen LogP contribution in [0.5, 0.6) is 0 Å². The van der Waals surface area contributed by atoms with Gasteiger partial charge < -0.3 is 10.3 Å². The van der Waals surface area contributed by atoms with Crippen molar-refractivity contribution in [2.45, 2.75) is 19.8 Å². The Morgan fingerprint density at radius 1 is 1.47 bits per heavy atom. The summed E-state index contributed by atoms with van der Waals surface area (Å²) in [6, 6.07) is 7.48. The van der Waals surface area contributed by atoms with Crippen LogP contribution in [0.2, 0.25) is 0 Å². The van der Waals surface area contributed by atoms with Crippen molar-refractivity contribution in [1.82, 2.24) is 9.55 Å². The summed E-state index contributed by atoms with van der Waals surface area (Å²) >= 11 is 0. The molecule has 0 fully saturated rings. The summed E-state index contributed by atoms with van der Waals surface area (Å²) in [5, 5.41) is 8.83. The first-order valence-corrected chi connectivity index (χ1v) is 5.58. The third-order valence-corrected chi connectivity index (χ3v) is 2.62. The molecule has 1 heterocycles. The summed E-state index contributed by atoms with van der Waals surface area (Å²) in [6.45, 7) is 2.12. The molecule has 0 saturated carbocycles. The van der Waals surface area contributed by atoms with Crippen molar-refractivity contribution in [3.05, 3.63) is 42.0 Å². The van der Waals surface area contributed by atoms with E-state index in [1.165, 1.54) is 0 Å². The van der Waals surface area contributed by atoms with Gasteiger partial charge in [0.05, 0.1) is 11.3 Å². The molecule has 0 amide bonds. The van der Waals surface area contributed by atoms with Crippen LogP contribution in [-0.2, 0) is 6.42 Å². The Kier molecular flexibility index (Phi) is 3.10. The average Bonchev–Trinajstić information content (AvgIpc) is 2.78. The van der Waals surface area contributed by atoms with E-state index in [4.69, 9.17) is 11.0 Å². The van der Waals surface area contributed by atoms with Gasteiger partial charge in [0.25, 0.3) is 0 Å². The molecular formula is C13H14N4. The van der Waals surface area contributed by atoms with E-state index in [1.54, 1.807) is 18.3 Å². The summed E-state index contributed by atoms with van der Waals surface area (Å²) in [5.41, 5.74) is 7.76. The quantitative estimate of drug-likeness (QED) is 0.816. The van der Waals surface area contributed by atoms with Crippen LogP contribution in [0.15, 0.2) is 30.6 Å². The largest absolute Gasteiger partial charge is 0.398 e. The number of rotatable bonds is 3. The van der Waals surface area contributed by atoms with E-state index < -0.39 is 0 Å². The lowest BCUT2D eigenvalue weighted by Gasteiger charge is -2.08. The molecular weight excluding hydrogens is 212 g/mol. The van der Waals surface area contributed by atoms with E-state index in [2.05, 4.69) is 18.0 Å². The lowest BCUT2D eigenvalue weighted by atomic mass is 10.2. The molecule has 2 aromatic rings. The second kappa shape index (κ2) is 4.71. The van der Waals surface area contributed by atoms with Gasteiger partial charge in [-0.15, -0.1) is 0 Å². The van der Waals surface area contributed by atoms with Crippen molar-refractivity contribution in [1.29, 1.82) is 5.26 Å². The van der Waals surface area contributed by atoms with Crippen LogP contribution in [0.4, 0.5) is 5.69 Å². The number of anilines is 1. The maximum atomic E-state index is 8.83. The molecule has 0 aliphatic rings. The molecule has 1 aromatic carbocycles. The van der Waals surface area contributed by atoms with Gasteiger partial charge in [-0.3, -0.25) is 0 Å². The van der Waals surface area contributed by atoms with Gasteiger partial charge in [-0.05, 0) is 24.6 Å². The summed E-state index contributed by atoms with van der Waals surface area (Å²) in [5.74, 6) is 1.01. The van der Waals surface area contributed by atoms with E-state index >= 15 is 0 Å². The molecule has 0 saturated heterocycles. The monoisotopic (exact) mass is 226 g/mol. The van der Waals surface area contributed by atoms with Crippen molar-refractivity contribution < 1.29 is 0 Å². The van der Waals surface area contributed by atoms with Gasteiger partial charge in [0.1, 0.15) is 11.9 Å². The highest BCUT2D eigenvalue weighted by atomic mass is 15.1. The van der Waals surface area contributed by atoms with Gasteiger partial charge >= 0.3 is 0 Å². The SMILES string of the molecule is CCCc1nccn1-c1ccc(C#N)c(N)c1. The fraction of sp³-hybridized carbons (Fsp3) is 0.231. The number of nitriles is 1. The Balaban J connectivity index is 2.43. The minimum absolute atomic E-state index is 0.501. The number of nitrogen functional groups attached to an aromatic ring is 1. The van der Waals surface area contributed by atoms with Gasteiger partial charge in [0.2, 0.25) is 0 Å². The zero-order valence-corrected chi connectivity index (χ0v) is 9.72. The van der Waals surface area contributed by atoms with Crippen LogP contribution in [0.3, 0.4) is 0 Å². The number of nitrogens with two attached hydrogens (primary N) is 1. The van der Waals surface area contributed by atoms with Crippen molar-refractivity contribution in [2.24, 2.45) is 0 Å². The molecule has 0 aliphatic carbocycles. The fourth-order valence-corrected chi connectivity index (χ4v) is 1.78. The van der Waals surface area contributed by atoms with Crippen LogP contribution in [0.1, 0.15) is 24.7 Å². The predicted octanol–water partition coefficient (Wildman–Crippen LogP) is 2.28. The van der Waals surface area contributed by atoms with Crippen molar-refractivity contribution in [3.63, 3.8) is 0 Å². The molecule has 0 aliphatic heterocycles. The van der Waals surface area contributed by atoms with Gasteiger partial charge in [-0.2, -0.15) is 5.26 Å². The Bertz CT molecular complexity index is 563. The normalized spacial score (nSPS) is 10.1. The molecule has 2 rings (SSSR count). The van der Waals surface area contributed by atoms with Crippen LogP contribution >= 0.6 is 0 Å². The number of aromatic nitrogens is 2. The van der Waals surface area contributed by atoms with Crippen LogP contribution in [-0.4, -0.2) is 9.55 Å². The van der Waals surface area contributed by atoms with E-state index in [9.17, 15) is 0 Å². The Labute approximate surface area is 100 Å². The molecule has 86 valence electrons. The highest BCUT2D eigenvalue weighted by Gasteiger charge is 2.06. The maximum Gasteiger partial charge on any atom is 0.113 e. The lowest BCUT2D eigenvalue weighted by molar-refractivity contribution is 0.809. The third kappa shape index (κ3) is 2.13. The first-order chi connectivity index (χ1) is 8.26. The number of hydrogen-bond acceptors (Lipinski definition) is 3. The first-order valence-electron chi connectivity index (χ1n) is 5.58. The average molecular weight is 226 g/mol. The molecule has 17 heavy (non-hydrogen) atoms. The van der Waals surface area contributed by atoms with Crippen LogP contribution < -0.4 is 5.73 Å². The number of imidazole rings is 1. The molecule has 2 N–H and O–H groups in total. The standard InChI is InChI=1S/C13H14N4/c1-2-3-13-16-6-7-17(13)11-5-4-10(9-14)12(15)8-11/h4-8H,2-3,15H2,1H3. The maximum absolute atomic E-state index is 8.83. The first kappa shape index (κ1) is 11.2. The van der Waals surface area contributed by atoms with E-state index in [1.807, 2.05) is 16.8 Å². The van der Waals surface area contributed by atoms with Crippen molar-refractivity contribution >= 4 is 5.69 Å². The third-order valence-electron chi connectivity index (χ3n) is 2.62. The zero-order valence-electron chi connectivity index (χ0n) is 9.72. The van der Waals surface area contributed by atoms with Crippen LogP contribution in [0, 0.1) is 11.3 Å². The lowest BCUT2D eigenvalue weighted by Crippen LogP contribution is -2.01. The summed E-state index contributed by atoms with van der Waals surface area (Å²) in [7, 11) is 0. The topological polar surface area (TPSA) is 67.6 Å². The highest BCUT2D eigenvalue weighted by molar-refractivity contribution is 5.59. The summed E-state index contributed by atoms with van der Waals surface area (Å²) < 4.78 is 2.00. The fourth-order valence-electron chi connectivity index (χ4n) is 1.78. The Hall–Kier alpha value is -2.28. The Morgan fingerprint density at radius 2 is 2.29 bits per heavy atom. The van der Waals surface area contributed by atoms with E-state index in [0.717, 1.165) is 24.4 Å². The molecule has 4 heteroatoms. The molecule has 1 aromatic heterocycles. The number of nitrogens with zero attached hydrogens (tertiary/aromatic N) is 3. The van der Waals surface area contributed by atoms with E-state index in [0.29, 0.717) is 11.3 Å². The number of aryl methyl sites for hydroxylation is 1. The van der Waals surface area contributed by atoms with Gasteiger partial charge in [-0.25, -0.2) is 4.98 Å². The van der Waals surface area contributed by atoms with E-state index in [-0.39, 0.29) is 0 Å². The molecule has 0 radical (unpaired) electrons. The molecule has 4 nitrogen and oxygen atoms in total. The summed E-state index contributed by atoms with van der Waals surface area (Å²) in [4.78, 5) is 4.31. The highest BCUT2D eigenvalue weighted by Crippen LogP contribution is 2.18. The second-order valence-corrected chi connectivity index (χ2v) is 3.85. The molecule has 0 atom stereocenters. The molecule has 0 bridgehead atoms. The Morgan fingerprint density at radius 3 is 2.94 bits per heavy atom. The number of benzene rings is 1. The minimum Gasteiger partial charge on any atom is -0.398 e. The smallest absolute Gasteiger partial charge is 0.113 e.